The highest BCUT2D eigenvalue weighted by atomic mass is 32.2. The number of aromatic nitrogens is 4. The molecule has 1 fully saturated rings. The Labute approximate surface area is 140 Å². The Hall–Kier alpha value is -2.04. The van der Waals surface area contributed by atoms with Crippen molar-refractivity contribution in [3.8, 4) is 0 Å². The van der Waals surface area contributed by atoms with Crippen LogP contribution < -0.4 is 5.32 Å². The normalized spacial score (nSPS) is 19.4. The summed E-state index contributed by atoms with van der Waals surface area (Å²) < 4.78 is 34.5. The first kappa shape index (κ1) is 16.8. The van der Waals surface area contributed by atoms with Gasteiger partial charge in [-0.3, -0.25) is 9.67 Å². The van der Waals surface area contributed by atoms with Gasteiger partial charge in [0.1, 0.15) is 22.5 Å². The van der Waals surface area contributed by atoms with Gasteiger partial charge in [0.15, 0.2) is 0 Å². The molecule has 0 amide bonds. The molecule has 24 heavy (non-hydrogen) atoms. The zero-order valence-electron chi connectivity index (χ0n) is 13.8. The van der Waals surface area contributed by atoms with E-state index in [1.165, 1.54) is 15.2 Å². The first-order chi connectivity index (χ1) is 11.4. The molecule has 3 heterocycles. The van der Waals surface area contributed by atoms with E-state index < -0.39 is 16.1 Å². The molecule has 0 aliphatic carbocycles. The van der Waals surface area contributed by atoms with Crippen LogP contribution in [0.25, 0.3) is 0 Å². The van der Waals surface area contributed by atoms with Crippen LogP contribution in [0, 0.1) is 6.92 Å². The van der Waals surface area contributed by atoms with E-state index in [0.29, 0.717) is 30.4 Å². The van der Waals surface area contributed by atoms with Gasteiger partial charge in [0, 0.05) is 45.8 Å². The molecule has 1 aliphatic heterocycles. The summed E-state index contributed by atoms with van der Waals surface area (Å²) in [5.74, 6) is 0.583. The van der Waals surface area contributed by atoms with E-state index in [1.54, 1.807) is 33.4 Å². The minimum atomic E-state index is -3.63. The highest BCUT2D eigenvalue weighted by Crippen LogP contribution is 2.28. The van der Waals surface area contributed by atoms with Crippen LogP contribution in [0.2, 0.25) is 0 Å². The molecule has 0 bridgehead atoms. The Morgan fingerprint density at radius 1 is 1.33 bits per heavy atom. The molecule has 9 nitrogen and oxygen atoms in total. The maximum atomic E-state index is 12.9. The van der Waals surface area contributed by atoms with Gasteiger partial charge >= 0.3 is 0 Å². The molecule has 1 aliphatic rings. The first-order valence-corrected chi connectivity index (χ1v) is 8.98. The van der Waals surface area contributed by atoms with Gasteiger partial charge in [-0.15, -0.1) is 0 Å². The van der Waals surface area contributed by atoms with Crippen molar-refractivity contribution in [1.29, 1.82) is 0 Å². The van der Waals surface area contributed by atoms with Crippen LogP contribution in [0.1, 0.15) is 17.5 Å². The smallest absolute Gasteiger partial charge is 0.246 e. The summed E-state index contributed by atoms with van der Waals surface area (Å²) in [6, 6.07) is 0. The third-order valence-corrected chi connectivity index (χ3v) is 5.85. The Bertz CT molecular complexity index is 835. The van der Waals surface area contributed by atoms with Crippen molar-refractivity contribution in [2.24, 2.45) is 7.05 Å². The van der Waals surface area contributed by atoms with Crippen molar-refractivity contribution in [3.63, 3.8) is 0 Å². The van der Waals surface area contributed by atoms with Gasteiger partial charge in [-0.2, -0.15) is 9.40 Å². The molecule has 130 valence electrons. The first-order valence-electron chi connectivity index (χ1n) is 7.54. The van der Waals surface area contributed by atoms with Gasteiger partial charge in [-0.1, -0.05) is 0 Å². The fourth-order valence-corrected chi connectivity index (χ4v) is 4.38. The van der Waals surface area contributed by atoms with Crippen molar-refractivity contribution in [1.82, 2.24) is 24.1 Å². The molecule has 0 saturated carbocycles. The van der Waals surface area contributed by atoms with Crippen molar-refractivity contribution in [2.75, 3.05) is 32.1 Å². The summed E-state index contributed by atoms with van der Waals surface area (Å²) in [5, 5.41) is 7.08. The summed E-state index contributed by atoms with van der Waals surface area (Å²) in [5.41, 5.74) is 1.08. The molecule has 1 saturated heterocycles. The number of nitrogens with one attached hydrogen (secondary N) is 1. The van der Waals surface area contributed by atoms with Gasteiger partial charge in [-0.25, -0.2) is 13.4 Å². The molecule has 10 heteroatoms. The number of hydrogen-bond acceptors (Lipinski definition) is 7. The molecule has 3 rings (SSSR count). The highest BCUT2D eigenvalue weighted by Gasteiger charge is 2.34. The number of nitrogens with zero attached hydrogens (tertiary/aromatic N) is 5. The lowest BCUT2D eigenvalue weighted by atomic mass is 10.2. The topological polar surface area (TPSA) is 102 Å². The number of ether oxygens (including phenoxy) is 1. The van der Waals surface area contributed by atoms with Gasteiger partial charge < -0.3 is 10.1 Å². The molecule has 0 unspecified atom stereocenters. The van der Waals surface area contributed by atoms with E-state index in [-0.39, 0.29) is 11.4 Å². The van der Waals surface area contributed by atoms with E-state index >= 15 is 0 Å². The summed E-state index contributed by atoms with van der Waals surface area (Å²) in [6.45, 7) is 2.46. The molecule has 2 aromatic heterocycles. The maximum Gasteiger partial charge on any atom is 0.246 e. The second-order valence-corrected chi connectivity index (χ2v) is 7.42. The van der Waals surface area contributed by atoms with Gasteiger partial charge in [-0.05, 0) is 6.92 Å². The fourth-order valence-electron chi connectivity index (χ4n) is 2.76. The Morgan fingerprint density at radius 3 is 2.75 bits per heavy atom. The molecule has 2 aromatic rings. The van der Waals surface area contributed by atoms with Crippen LogP contribution in [0.15, 0.2) is 23.5 Å². The van der Waals surface area contributed by atoms with Crippen LogP contribution in [0.4, 0.5) is 5.82 Å². The Morgan fingerprint density at radius 2 is 2.08 bits per heavy atom. The van der Waals surface area contributed by atoms with Crippen LogP contribution in [-0.2, 0) is 21.8 Å². The molecule has 0 radical (unpaired) electrons. The standard InChI is InChI=1S/C14H20N6O3S/c1-10-12(9-19(3)18-10)24(21,22)20-6-7-23-11(8-20)13-14(15-2)17-5-4-16-13/h4-5,9,11H,6-8H2,1-3H3,(H,15,17)/t11-/m0/s1. The SMILES string of the molecule is CNc1nccnc1[C@@H]1CN(S(=O)(=O)c2cn(C)nc2C)CCO1. The van der Waals surface area contributed by atoms with E-state index in [0.717, 1.165) is 0 Å². The predicted molar refractivity (Wildman–Crippen MR) is 87.0 cm³/mol. The Balaban J connectivity index is 1.89. The molecule has 1 N–H and O–H groups in total. The zero-order chi connectivity index (χ0) is 17.3. The fraction of sp³-hybridized carbons (Fsp3) is 0.500. The minimum absolute atomic E-state index is 0.185. The van der Waals surface area contributed by atoms with Crippen LogP contribution in [0.5, 0.6) is 0 Å². The molecule has 1 atom stereocenters. The van der Waals surface area contributed by atoms with E-state index in [9.17, 15) is 8.42 Å². The second kappa shape index (κ2) is 6.46. The van der Waals surface area contributed by atoms with Crippen LogP contribution in [0.3, 0.4) is 0 Å². The third kappa shape index (κ3) is 2.99. The van der Waals surface area contributed by atoms with Crippen molar-refractivity contribution in [2.45, 2.75) is 17.9 Å². The van der Waals surface area contributed by atoms with Crippen LogP contribution >= 0.6 is 0 Å². The van der Waals surface area contributed by atoms with Gasteiger partial charge in [0.25, 0.3) is 0 Å². The molecule has 0 spiro atoms. The average Bonchev–Trinajstić information content (AvgIpc) is 2.94. The van der Waals surface area contributed by atoms with E-state index in [2.05, 4.69) is 20.4 Å². The van der Waals surface area contributed by atoms with Crippen molar-refractivity contribution < 1.29 is 13.2 Å². The number of sulfonamides is 1. The number of morpholine rings is 1. The molecule has 0 aromatic carbocycles. The van der Waals surface area contributed by atoms with Crippen molar-refractivity contribution >= 4 is 15.8 Å². The summed E-state index contributed by atoms with van der Waals surface area (Å²) in [7, 11) is -0.190. The summed E-state index contributed by atoms with van der Waals surface area (Å²) in [4.78, 5) is 8.72. The van der Waals surface area contributed by atoms with Crippen LogP contribution in [-0.4, -0.2) is 59.2 Å². The lowest BCUT2D eigenvalue weighted by Crippen LogP contribution is -2.42. The molecular formula is C14H20N6O3S. The lowest BCUT2D eigenvalue weighted by molar-refractivity contribution is -0.00469. The van der Waals surface area contributed by atoms with E-state index in [1.807, 2.05) is 0 Å². The average molecular weight is 352 g/mol. The maximum absolute atomic E-state index is 12.9. The van der Waals surface area contributed by atoms with Crippen molar-refractivity contribution in [3.05, 3.63) is 30.0 Å². The largest absolute Gasteiger partial charge is 0.372 e. The third-order valence-electron chi connectivity index (χ3n) is 3.88. The highest BCUT2D eigenvalue weighted by molar-refractivity contribution is 7.89. The Kier molecular flexibility index (Phi) is 4.52. The monoisotopic (exact) mass is 352 g/mol. The minimum Gasteiger partial charge on any atom is -0.372 e. The lowest BCUT2D eigenvalue weighted by Gasteiger charge is -2.32. The number of hydrogen-bond donors (Lipinski definition) is 1. The predicted octanol–water partition coefficient (Wildman–Crippen LogP) is 0.322. The number of anilines is 1. The summed E-state index contributed by atoms with van der Waals surface area (Å²) >= 11 is 0. The van der Waals surface area contributed by atoms with Gasteiger partial charge in [0.2, 0.25) is 10.0 Å². The zero-order valence-corrected chi connectivity index (χ0v) is 14.6. The molecular weight excluding hydrogens is 332 g/mol. The quantitative estimate of drug-likeness (QED) is 0.845. The summed E-state index contributed by atoms with van der Waals surface area (Å²) in [6.07, 6.45) is 4.20. The number of rotatable bonds is 4. The van der Waals surface area contributed by atoms with E-state index in [4.69, 9.17) is 4.74 Å². The number of aryl methyl sites for hydroxylation is 2. The van der Waals surface area contributed by atoms with Gasteiger partial charge in [0.05, 0.1) is 12.3 Å². The second-order valence-electron chi connectivity index (χ2n) is 5.52.